The van der Waals surface area contributed by atoms with Crippen molar-refractivity contribution in [3.63, 3.8) is 0 Å². The van der Waals surface area contributed by atoms with Crippen molar-refractivity contribution in [2.24, 2.45) is 0 Å². The first-order valence-corrected chi connectivity index (χ1v) is 7.68. The molecule has 5 nitrogen and oxygen atoms in total. The molecule has 24 heavy (non-hydrogen) atoms. The van der Waals surface area contributed by atoms with Crippen LogP contribution < -0.4 is 5.32 Å². The number of hydrogen-bond donors (Lipinski definition) is 3. The molecule has 1 aromatic carbocycles. The minimum atomic E-state index is -0.512. The Bertz CT molecular complexity index is 850. The van der Waals surface area contributed by atoms with Gasteiger partial charge in [0.15, 0.2) is 0 Å². The Morgan fingerprint density at radius 3 is 2.88 bits per heavy atom. The first kappa shape index (κ1) is 16.1. The predicted molar refractivity (Wildman–Crippen MR) is 91.6 cm³/mol. The lowest BCUT2D eigenvalue weighted by atomic mass is 9.98. The number of H-pyrrole nitrogens is 1. The summed E-state index contributed by atoms with van der Waals surface area (Å²) in [6, 6.07) is 2.87. The number of nitrogens with zero attached hydrogens (tertiary/aromatic N) is 1. The third-order valence-corrected chi connectivity index (χ3v) is 3.87. The van der Waals surface area contributed by atoms with E-state index in [2.05, 4.69) is 15.3 Å². The second-order valence-corrected chi connectivity index (χ2v) is 5.80. The van der Waals surface area contributed by atoms with Crippen LogP contribution in [0, 0.1) is 12.7 Å². The predicted octanol–water partition coefficient (Wildman–Crippen LogP) is 3.13. The summed E-state index contributed by atoms with van der Waals surface area (Å²) in [5.74, 6) is -0.708. The first-order chi connectivity index (χ1) is 11.5. The third-order valence-electron chi connectivity index (χ3n) is 3.87. The maximum Gasteiger partial charge on any atom is 0.256 e. The number of aromatic nitrogens is 2. The number of nitrogens with one attached hydrogen (secondary N) is 2. The number of halogens is 1. The molecule has 0 fully saturated rings. The molecule has 124 valence electrons. The van der Waals surface area contributed by atoms with Crippen LogP contribution in [-0.4, -0.2) is 27.1 Å². The fraction of sp³-hybridized carbons (Fsp3) is 0.222. The number of anilines is 1. The number of aryl methyl sites for hydroxylation is 1. The minimum Gasteiger partial charge on any atom is -0.393 e. The number of aliphatic hydroxyl groups excluding tert-OH is 1. The van der Waals surface area contributed by atoms with Gasteiger partial charge in [0.05, 0.1) is 23.7 Å². The molecular weight excluding hydrogens is 309 g/mol. The molecule has 1 aliphatic rings. The number of fused-ring (bicyclic) bond motifs is 1. The zero-order valence-corrected chi connectivity index (χ0v) is 13.4. The summed E-state index contributed by atoms with van der Waals surface area (Å²) in [7, 11) is 0. The van der Waals surface area contributed by atoms with Crippen LogP contribution in [0.2, 0.25) is 0 Å². The molecule has 0 aliphatic carbocycles. The smallest absolute Gasteiger partial charge is 0.256 e. The van der Waals surface area contributed by atoms with Crippen molar-refractivity contribution in [1.29, 1.82) is 0 Å². The summed E-state index contributed by atoms with van der Waals surface area (Å²) in [6.07, 6.45) is 6.39. The number of hydrogen-bond acceptors (Lipinski definition) is 3. The van der Waals surface area contributed by atoms with Gasteiger partial charge < -0.3 is 15.4 Å². The SMILES string of the molecule is Cc1[nH]cnc1C=C1C(=O)Nc2ccc(F)c(C=CCC(C)O)c21. The number of benzene rings is 1. The van der Waals surface area contributed by atoms with E-state index in [0.717, 1.165) is 5.69 Å². The highest BCUT2D eigenvalue weighted by molar-refractivity contribution is 6.35. The molecule has 1 aromatic heterocycles. The van der Waals surface area contributed by atoms with Gasteiger partial charge in [-0.05, 0) is 38.5 Å². The molecule has 0 radical (unpaired) electrons. The van der Waals surface area contributed by atoms with E-state index in [1.54, 1.807) is 37.5 Å². The van der Waals surface area contributed by atoms with E-state index in [9.17, 15) is 14.3 Å². The van der Waals surface area contributed by atoms with Crippen LogP contribution in [0.25, 0.3) is 17.7 Å². The summed E-state index contributed by atoms with van der Waals surface area (Å²) in [4.78, 5) is 19.4. The van der Waals surface area contributed by atoms with E-state index in [0.29, 0.717) is 34.5 Å². The highest BCUT2D eigenvalue weighted by atomic mass is 19.1. The minimum absolute atomic E-state index is 0.289. The van der Waals surface area contributed by atoms with Crippen molar-refractivity contribution in [2.75, 3.05) is 5.32 Å². The average Bonchev–Trinajstić information content (AvgIpc) is 3.06. The second-order valence-electron chi connectivity index (χ2n) is 5.80. The Morgan fingerprint density at radius 2 is 2.21 bits per heavy atom. The van der Waals surface area contributed by atoms with Crippen LogP contribution in [0.3, 0.4) is 0 Å². The van der Waals surface area contributed by atoms with E-state index in [1.807, 2.05) is 6.92 Å². The lowest BCUT2D eigenvalue weighted by Gasteiger charge is -2.06. The van der Waals surface area contributed by atoms with Crippen LogP contribution in [0.15, 0.2) is 24.5 Å². The Morgan fingerprint density at radius 1 is 1.42 bits per heavy atom. The van der Waals surface area contributed by atoms with Gasteiger partial charge in [0.2, 0.25) is 0 Å². The van der Waals surface area contributed by atoms with E-state index in [-0.39, 0.29) is 5.91 Å². The van der Waals surface area contributed by atoms with Crippen molar-refractivity contribution >= 4 is 29.3 Å². The number of aromatic amines is 1. The summed E-state index contributed by atoms with van der Waals surface area (Å²) in [5, 5.41) is 12.1. The van der Waals surface area contributed by atoms with Crippen molar-refractivity contribution in [1.82, 2.24) is 9.97 Å². The molecule has 1 aliphatic heterocycles. The summed E-state index contributed by atoms with van der Waals surface area (Å²) < 4.78 is 14.3. The molecule has 3 rings (SSSR count). The van der Waals surface area contributed by atoms with Gasteiger partial charge >= 0.3 is 0 Å². The van der Waals surface area contributed by atoms with Crippen molar-refractivity contribution in [3.05, 3.63) is 52.9 Å². The molecule has 0 bridgehead atoms. The normalized spacial score (nSPS) is 16.7. The fourth-order valence-corrected chi connectivity index (χ4v) is 2.63. The second kappa shape index (κ2) is 6.41. The standard InChI is InChI=1S/C18H18FN3O2/c1-10(23)4-3-5-12-14(19)6-7-15-17(12)13(18(24)22-15)8-16-11(2)20-9-21-16/h3,5-10,23H,4H2,1-2H3,(H,20,21)(H,22,24). The maximum absolute atomic E-state index is 14.3. The quantitative estimate of drug-likeness (QED) is 0.755. The fourth-order valence-electron chi connectivity index (χ4n) is 2.63. The van der Waals surface area contributed by atoms with E-state index in [1.165, 1.54) is 6.07 Å². The molecule has 2 aromatic rings. The van der Waals surface area contributed by atoms with Crippen molar-refractivity contribution in [3.8, 4) is 0 Å². The van der Waals surface area contributed by atoms with E-state index < -0.39 is 11.9 Å². The zero-order chi connectivity index (χ0) is 17.3. The Hall–Kier alpha value is -2.73. The van der Waals surface area contributed by atoms with Gasteiger partial charge in [0.1, 0.15) is 5.82 Å². The molecule has 1 unspecified atom stereocenters. The highest BCUT2D eigenvalue weighted by Gasteiger charge is 2.28. The molecule has 1 amide bonds. The first-order valence-electron chi connectivity index (χ1n) is 7.68. The number of amides is 1. The summed E-state index contributed by atoms with van der Waals surface area (Å²) in [5.41, 5.74) is 3.24. The van der Waals surface area contributed by atoms with Gasteiger partial charge in [-0.2, -0.15) is 0 Å². The Kier molecular flexibility index (Phi) is 4.31. The van der Waals surface area contributed by atoms with Gasteiger partial charge in [-0.3, -0.25) is 4.79 Å². The van der Waals surface area contributed by atoms with Crippen LogP contribution in [0.1, 0.15) is 35.9 Å². The summed E-state index contributed by atoms with van der Waals surface area (Å²) >= 11 is 0. The topological polar surface area (TPSA) is 78.0 Å². The monoisotopic (exact) mass is 327 g/mol. The number of carbonyl (C=O) groups is 1. The number of imidazole rings is 1. The molecule has 0 saturated carbocycles. The van der Waals surface area contributed by atoms with Crippen LogP contribution in [-0.2, 0) is 4.79 Å². The van der Waals surface area contributed by atoms with Crippen molar-refractivity contribution < 1.29 is 14.3 Å². The molecule has 2 heterocycles. The Labute approximate surface area is 138 Å². The molecule has 3 N–H and O–H groups in total. The Balaban J connectivity index is 2.10. The number of carbonyl (C=O) groups excluding carboxylic acids is 1. The zero-order valence-electron chi connectivity index (χ0n) is 13.4. The van der Waals surface area contributed by atoms with E-state index >= 15 is 0 Å². The summed E-state index contributed by atoms with van der Waals surface area (Å²) in [6.45, 7) is 3.51. The van der Waals surface area contributed by atoms with Gasteiger partial charge in [-0.15, -0.1) is 0 Å². The third kappa shape index (κ3) is 3.00. The number of rotatable bonds is 4. The van der Waals surface area contributed by atoms with Gasteiger partial charge in [-0.1, -0.05) is 12.2 Å². The molecular formula is C18H18FN3O2. The van der Waals surface area contributed by atoms with Gasteiger partial charge in [0, 0.05) is 22.5 Å². The molecule has 1 atom stereocenters. The number of aliphatic hydroxyl groups is 1. The maximum atomic E-state index is 14.3. The van der Waals surface area contributed by atoms with Crippen molar-refractivity contribution in [2.45, 2.75) is 26.4 Å². The van der Waals surface area contributed by atoms with E-state index in [4.69, 9.17) is 0 Å². The highest BCUT2D eigenvalue weighted by Crippen LogP contribution is 2.37. The molecule has 0 saturated heterocycles. The van der Waals surface area contributed by atoms with Crippen LogP contribution in [0.5, 0.6) is 0 Å². The molecule has 0 spiro atoms. The molecule has 6 heteroatoms. The lowest BCUT2D eigenvalue weighted by Crippen LogP contribution is -2.03. The van der Waals surface area contributed by atoms with Crippen LogP contribution in [0.4, 0.5) is 10.1 Å². The largest absolute Gasteiger partial charge is 0.393 e. The lowest BCUT2D eigenvalue weighted by molar-refractivity contribution is -0.110. The van der Waals surface area contributed by atoms with Gasteiger partial charge in [-0.25, -0.2) is 9.37 Å². The van der Waals surface area contributed by atoms with Gasteiger partial charge in [0.25, 0.3) is 5.91 Å². The van der Waals surface area contributed by atoms with Crippen LogP contribution >= 0.6 is 0 Å². The average molecular weight is 327 g/mol.